The number of carbonyl (C=O) groups is 2. The fourth-order valence-corrected chi connectivity index (χ4v) is 4.04. The number of nitrogens with one attached hydrogen (secondary N) is 2. The van der Waals surface area contributed by atoms with Crippen LogP contribution in [-0.4, -0.2) is 46.9 Å². The maximum absolute atomic E-state index is 13.6. The highest BCUT2D eigenvalue weighted by molar-refractivity contribution is 7.99. The fourth-order valence-electron chi connectivity index (χ4n) is 3.42. The maximum atomic E-state index is 13.6. The van der Waals surface area contributed by atoms with E-state index in [0.717, 1.165) is 38.3 Å². The molecule has 0 spiro atoms. The summed E-state index contributed by atoms with van der Waals surface area (Å²) in [7, 11) is 0. The van der Waals surface area contributed by atoms with E-state index in [-0.39, 0.29) is 23.3 Å². The number of hydrogen-bond acceptors (Lipinski definition) is 6. The van der Waals surface area contributed by atoms with Crippen LogP contribution < -0.4 is 15.5 Å². The molecule has 4 rings (SSSR count). The van der Waals surface area contributed by atoms with Gasteiger partial charge in [-0.15, -0.1) is 10.2 Å². The molecule has 1 aliphatic carbocycles. The van der Waals surface area contributed by atoms with Crippen molar-refractivity contribution in [3.05, 3.63) is 42.0 Å². The van der Waals surface area contributed by atoms with E-state index in [1.54, 1.807) is 6.07 Å². The molecule has 2 heterocycles. The van der Waals surface area contributed by atoms with Gasteiger partial charge in [0.2, 0.25) is 11.8 Å². The largest absolute Gasteiger partial charge is 0.354 e. The Kier molecular flexibility index (Phi) is 6.64. The van der Waals surface area contributed by atoms with Crippen molar-refractivity contribution in [2.45, 2.75) is 36.8 Å². The van der Waals surface area contributed by atoms with Crippen LogP contribution in [0.25, 0.3) is 0 Å². The lowest BCUT2D eigenvalue weighted by molar-refractivity contribution is -0.125. The molecule has 2 amide bonds. The molecule has 1 aliphatic heterocycles. The van der Waals surface area contributed by atoms with Crippen molar-refractivity contribution in [1.29, 1.82) is 0 Å². The zero-order chi connectivity index (χ0) is 21.8. The molecule has 2 aliphatic rings. The molecule has 1 saturated carbocycles. The van der Waals surface area contributed by atoms with Crippen LogP contribution in [-0.2, 0) is 9.59 Å². The molecule has 0 bridgehead atoms. The van der Waals surface area contributed by atoms with E-state index in [9.17, 15) is 18.4 Å². The topological polar surface area (TPSA) is 87.2 Å². The summed E-state index contributed by atoms with van der Waals surface area (Å²) in [6.45, 7) is 1.44. The number of piperidine rings is 1. The number of thioether (sulfide) groups is 1. The van der Waals surface area contributed by atoms with Gasteiger partial charge in [-0.2, -0.15) is 0 Å². The minimum absolute atomic E-state index is 0.0119. The molecular weight excluding hydrogens is 424 g/mol. The second-order valence-corrected chi connectivity index (χ2v) is 8.75. The molecule has 7 nitrogen and oxygen atoms in total. The standard InChI is InChI=1S/C21H23F2N5O2S/c22-14-3-6-17(16(23)10-14)25-19(29)12-31-20-8-7-18(26-27-20)28-9-1-2-13(11-28)21(30)24-15-4-5-15/h3,6-8,10,13,15H,1-2,4-5,9,11-12H2,(H,24,30)(H,25,29). The van der Waals surface area contributed by atoms with Gasteiger partial charge in [-0.25, -0.2) is 8.78 Å². The lowest BCUT2D eigenvalue weighted by atomic mass is 9.97. The number of amides is 2. The maximum Gasteiger partial charge on any atom is 0.234 e. The molecular formula is C21H23F2N5O2S. The van der Waals surface area contributed by atoms with E-state index in [2.05, 4.69) is 25.7 Å². The summed E-state index contributed by atoms with van der Waals surface area (Å²) in [5.41, 5.74) is -0.0705. The minimum Gasteiger partial charge on any atom is -0.354 e. The molecule has 31 heavy (non-hydrogen) atoms. The summed E-state index contributed by atoms with van der Waals surface area (Å²) in [5, 5.41) is 14.4. The third-order valence-electron chi connectivity index (χ3n) is 5.22. The van der Waals surface area contributed by atoms with Crippen molar-refractivity contribution in [3.63, 3.8) is 0 Å². The Labute approximate surface area is 183 Å². The van der Waals surface area contributed by atoms with Crippen molar-refractivity contribution >= 4 is 35.1 Å². The van der Waals surface area contributed by atoms with Gasteiger partial charge in [0.25, 0.3) is 0 Å². The van der Waals surface area contributed by atoms with Crippen LogP contribution in [0.15, 0.2) is 35.4 Å². The van der Waals surface area contributed by atoms with E-state index >= 15 is 0 Å². The lowest BCUT2D eigenvalue weighted by Gasteiger charge is -2.32. The molecule has 2 N–H and O–H groups in total. The van der Waals surface area contributed by atoms with Gasteiger partial charge in [0.15, 0.2) is 5.82 Å². The van der Waals surface area contributed by atoms with Crippen LogP contribution in [0, 0.1) is 17.6 Å². The van der Waals surface area contributed by atoms with Gasteiger partial charge in [0.1, 0.15) is 16.7 Å². The molecule has 1 aromatic heterocycles. The summed E-state index contributed by atoms with van der Waals surface area (Å²) in [5.74, 6) is -1.17. The number of hydrogen-bond donors (Lipinski definition) is 2. The van der Waals surface area contributed by atoms with Crippen molar-refractivity contribution in [2.24, 2.45) is 5.92 Å². The van der Waals surface area contributed by atoms with Crippen molar-refractivity contribution < 1.29 is 18.4 Å². The number of benzene rings is 1. The summed E-state index contributed by atoms with van der Waals surface area (Å²) in [6, 6.07) is 6.93. The summed E-state index contributed by atoms with van der Waals surface area (Å²) in [6.07, 6.45) is 3.94. The third-order valence-corrected chi connectivity index (χ3v) is 6.14. The highest BCUT2D eigenvalue weighted by atomic mass is 32.2. The molecule has 1 unspecified atom stereocenters. The second kappa shape index (κ2) is 9.59. The third kappa shape index (κ3) is 5.90. The van der Waals surface area contributed by atoms with Crippen molar-refractivity contribution in [3.8, 4) is 0 Å². The fraction of sp³-hybridized carbons (Fsp3) is 0.429. The Morgan fingerprint density at radius 3 is 2.68 bits per heavy atom. The zero-order valence-corrected chi connectivity index (χ0v) is 17.6. The number of nitrogens with zero attached hydrogens (tertiary/aromatic N) is 3. The van der Waals surface area contributed by atoms with Gasteiger partial charge < -0.3 is 15.5 Å². The monoisotopic (exact) mass is 447 g/mol. The first kappa shape index (κ1) is 21.5. The Morgan fingerprint density at radius 1 is 1.13 bits per heavy atom. The molecule has 0 radical (unpaired) electrons. The first-order valence-electron chi connectivity index (χ1n) is 10.2. The first-order chi connectivity index (χ1) is 15.0. The molecule has 2 aromatic rings. The van der Waals surface area contributed by atoms with E-state index in [1.165, 1.54) is 17.8 Å². The van der Waals surface area contributed by atoms with E-state index in [0.29, 0.717) is 29.5 Å². The van der Waals surface area contributed by atoms with Crippen molar-refractivity contribution in [1.82, 2.24) is 15.5 Å². The number of aromatic nitrogens is 2. The molecule has 1 atom stereocenters. The predicted molar refractivity (Wildman–Crippen MR) is 114 cm³/mol. The van der Waals surface area contributed by atoms with Gasteiger partial charge in [0.05, 0.1) is 17.4 Å². The lowest BCUT2D eigenvalue weighted by Crippen LogP contribution is -2.44. The van der Waals surface area contributed by atoms with Crippen LogP contribution >= 0.6 is 11.8 Å². The first-order valence-corrected chi connectivity index (χ1v) is 11.2. The molecule has 10 heteroatoms. The molecule has 164 valence electrons. The van der Waals surface area contributed by atoms with Gasteiger partial charge in [-0.05, 0) is 49.9 Å². The average Bonchev–Trinajstić information content (AvgIpc) is 3.59. The van der Waals surface area contributed by atoms with E-state index in [1.807, 2.05) is 6.07 Å². The normalized spacial score (nSPS) is 18.5. The summed E-state index contributed by atoms with van der Waals surface area (Å²) in [4.78, 5) is 26.4. The molecule has 1 saturated heterocycles. The summed E-state index contributed by atoms with van der Waals surface area (Å²) >= 11 is 1.17. The number of anilines is 2. The summed E-state index contributed by atoms with van der Waals surface area (Å²) < 4.78 is 26.6. The Balaban J connectivity index is 1.27. The Bertz CT molecular complexity index is 955. The van der Waals surface area contributed by atoms with E-state index in [4.69, 9.17) is 0 Å². The van der Waals surface area contributed by atoms with Crippen LogP contribution in [0.1, 0.15) is 25.7 Å². The predicted octanol–water partition coefficient (Wildman–Crippen LogP) is 2.98. The van der Waals surface area contributed by atoms with Crippen LogP contribution in [0.3, 0.4) is 0 Å². The SMILES string of the molecule is O=C(CSc1ccc(N2CCCC(C(=O)NC3CC3)C2)nn1)Nc1ccc(F)cc1F. The highest BCUT2D eigenvalue weighted by Crippen LogP contribution is 2.25. The minimum atomic E-state index is -0.826. The van der Waals surface area contributed by atoms with Gasteiger partial charge >= 0.3 is 0 Å². The van der Waals surface area contributed by atoms with Crippen LogP contribution in [0.4, 0.5) is 20.3 Å². The number of carbonyl (C=O) groups excluding carboxylic acids is 2. The number of rotatable bonds is 7. The molecule has 2 fully saturated rings. The van der Waals surface area contributed by atoms with Crippen molar-refractivity contribution in [2.75, 3.05) is 29.1 Å². The smallest absolute Gasteiger partial charge is 0.234 e. The van der Waals surface area contributed by atoms with Crippen LogP contribution in [0.5, 0.6) is 0 Å². The van der Waals surface area contributed by atoms with Crippen LogP contribution in [0.2, 0.25) is 0 Å². The average molecular weight is 448 g/mol. The Hall–Kier alpha value is -2.75. The Morgan fingerprint density at radius 2 is 1.97 bits per heavy atom. The van der Waals surface area contributed by atoms with Gasteiger partial charge in [-0.1, -0.05) is 11.8 Å². The zero-order valence-electron chi connectivity index (χ0n) is 16.8. The van der Waals surface area contributed by atoms with E-state index < -0.39 is 17.5 Å². The quantitative estimate of drug-likeness (QED) is 0.635. The van der Waals surface area contributed by atoms with Gasteiger partial charge in [-0.3, -0.25) is 9.59 Å². The van der Waals surface area contributed by atoms with Gasteiger partial charge in [0, 0.05) is 25.2 Å². The second-order valence-electron chi connectivity index (χ2n) is 7.76. The molecule has 1 aromatic carbocycles. The number of halogens is 2. The highest BCUT2D eigenvalue weighted by Gasteiger charge is 2.30.